The third-order valence-corrected chi connectivity index (χ3v) is 7.05. The predicted octanol–water partition coefficient (Wildman–Crippen LogP) is 4.79. The van der Waals surface area contributed by atoms with E-state index < -0.39 is 6.04 Å². The highest BCUT2D eigenvalue weighted by molar-refractivity contribution is 7.17. The molecule has 162 valence electrons. The maximum Gasteiger partial charge on any atom is 0.243 e. The second-order valence-corrected chi connectivity index (χ2v) is 9.33. The van der Waals surface area contributed by atoms with E-state index >= 15 is 0 Å². The van der Waals surface area contributed by atoms with Crippen LogP contribution in [0.4, 0.5) is 0 Å². The molecule has 2 amide bonds. The van der Waals surface area contributed by atoms with Crippen molar-refractivity contribution in [3.05, 3.63) is 70.6 Å². The van der Waals surface area contributed by atoms with E-state index in [0.29, 0.717) is 12.8 Å². The van der Waals surface area contributed by atoms with Gasteiger partial charge < -0.3 is 10.6 Å². The van der Waals surface area contributed by atoms with Crippen LogP contribution < -0.4 is 10.6 Å². The van der Waals surface area contributed by atoms with Crippen molar-refractivity contribution in [1.29, 1.82) is 0 Å². The van der Waals surface area contributed by atoms with Gasteiger partial charge in [-0.25, -0.2) is 0 Å². The SMILES string of the molecule is CCCCCC(=O)N[C@@H](Cc1csc2ccccc12)C(=O)NC1Cc2ccccc2C1. The van der Waals surface area contributed by atoms with Crippen molar-refractivity contribution in [3.63, 3.8) is 0 Å². The number of nitrogens with one attached hydrogen (secondary N) is 2. The summed E-state index contributed by atoms with van der Waals surface area (Å²) in [5.41, 5.74) is 3.72. The monoisotopic (exact) mass is 434 g/mol. The molecule has 3 aromatic rings. The van der Waals surface area contributed by atoms with Crippen molar-refractivity contribution >= 4 is 33.2 Å². The average Bonchev–Trinajstić information content (AvgIpc) is 3.37. The summed E-state index contributed by atoms with van der Waals surface area (Å²) >= 11 is 1.68. The molecule has 0 bridgehead atoms. The molecule has 1 aliphatic carbocycles. The number of thiophene rings is 1. The zero-order valence-electron chi connectivity index (χ0n) is 18.0. The Balaban J connectivity index is 1.46. The van der Waals surface area contributed by atoms with Gasteiger partial charge in [0, 0.05) is 23.6 Å². The lowest BCUT2D eigenvalue weighted by Crippen LogP contribution is -2.50. The number of rotatable bonds is 9. The van der Waals surface area contributed by atoms with Gasteiger partial charge in [0.25, 0.3) is 0 Å². The van der Waals surface area contributed by atoms with Gasteiger partial charge in [-0.15, -0.1) is 11.3 Å². The Kier molecular flexibility index (Phi) is 7.03. The number of carbonyl (C=O) groups excluding carboxylic acids is 2. The van der Waals surface area contributed by atoms with E-state index in [1.165, 1.54) is 21.2 Å². The number of hydrogen-bond acceptors (Lipinski definition) is 3. The number of fused-ring (bicyclic) bond motifs is 2. The van der Waals surface area contributed by atoms with Crippen LogP contribution in [-0.4, -0.2) is 23.9 Å². The standard InChI is InChI=1S/C26H30N2O2S/c1-2-3-4-13-25(29)28-23(16-20-17-31-24-12-8-7-11-22(20)24)26(30)27-21-14-18-9-5-6-10-19(18)15-21/h5-12,17,21,23H,2-4,13-16H2,1H3,(H,27,30)(H,28,29)/t23-/m0/s1. The number of amides is 2. The Morgan fingerprint density at radius 1 is 1.03 bits per heavy atom. The molecule has 4 nitrogen and oxygen atoms in total. The van der Waals surface area contributed by atoms with E-state index in [2.05, 4.69) is 47.2 Å². The fourth-order valence-corrected chi connectivity index (χ4v) is 5.36. The Bertz CT molecular complexity index is 1030. The van der Waals surface area contributed by atoms with Crippen LogP contribution in [-0.2, 0) is 28.9 Å². The van der Waals surface area contributed by atoms with Crippen molar-refractivity contribution in [3.8, 4) is 0 Å². The van der Waals surface area contributed by atoms with Gasteiger partial charge in [-0.3, -0.25) is 9.59 Å². The first-order valence-corrected chi connectivity index (χ1v) is 12.1. The minimum Gasteiger partial charge on any atom is -0.351 e. The fourth-order valence-electron chi connectivity index (χ4n) is 4.38. The summed E-state index contributed by atoms with van der Waals surface area (Å²) in [6, 6.07) is 16.1. The number of hydrogen-bond donors (Lipinski definition) is 2. The molecule has 0 spiro atoms. The van der Waals surface area contributed by atoms with Crippen molar-refractivity contribution in [2.45, 2.75) is 64.0 Å². The molecule has 31 heavy (non-hydrogen) atoms. The maximum absolute atomic E-state index is 13.3. The largest absolute Gasteiger partial charge is 0.351 e. The molecular formula is C26H30N2O2S. The number of unbranched alkanes of at least 4 members (excludes halogenated alkanes) is 2. The highest BCUT2D eigenvalue weighted by Crippen LogP contribution is 2.27. The first kappa shape index (κ1) is 21.6. The summed E-state index contributed by atoms with van der Waals surface area (Å²) < 4.78 is 1.21. The molecule has 0 aliphatic heterocycles. The Labute approximate surface area is 188 Å². The van der Waals surface area contributed by atoms with E-state index in [1.807, 2.05) is 24.3 Å². The highest BCUT2D eigenvalue weighted by atomic mass is 32.1. The average molecular weight is 435 g/mol. The lowest BCUT2D eigenvalue weighted by Gasteiger charge is -2.21. The fraction of sp³-hybridized carbons (Fsp3) is 0.385. The minimum atomic E-state index is -0.559. The van der Waals surface area contributed by atoms with Gasteiger partial charge >= 0.3 is 0 Å². The van der Waals surface area contributed by atoms with Crippen LogP contribution in [0.15, 0.2) is 53.9 Å². The summed E-state index contributed by atoms with van der Waals surface area (Å²) in [7, 11) is 0. The van der Waals surface area contributed by atoms with Gasteiger partial charge in [-0.05, 0) is 52.8 Å². The molecule has 0 unspecified atom stereocenters. The second-order valence-electron chi connectivity index (χ2n) is 8.42. The Morgan fingerprint density at radius 2 is 1.74 bits per heavy atom. The van der Waals surface area contributed by atoms with Gasteiger partial charge in [-0.1, -0.05) is 62.2 Å². The Hall–Kier alpha value is -2.66. The van der Waals surface area contributed by atoms with Gasteiger partial charge in [0.1, 0.15) is 6.04 Å². The first-order chi connectivity index (χ1) is 15.1. The first-order valence-electron chi connectivity index (χ1n) is 11.3. The highest BCUT2D eigenvalue weighted by Gasteiger charge is 2.27. The van der Waals surface area contributed by atoms with E-state index in [9.17, 15) is 9.59 Å². The van der Waals surface area contributed by atoms with E-state index in [4.69, 9.17) is 0 Å². The zero-order chi connectivity index (χ0) is 21.6. The molecule has 0 radical (unpaired) electrons. The van der Waals surface area contributed by atoms with Crippen molar-refractivity contribution in [2.75, 3.05) is 0 Å². The van der Waals surface area contributed by atoms with Crippen molar-refractivity contribution in [1.82, 2.24) is 10.6 Å². The van der Waals surface area contributed by atoms with E-state index in [-0.39, 0.29) is 17.9 Å². The van der Waals surface area contributed by atoms with Crippen LogP contribution in [0.2, 0.25) is 0 Å². The van der Waals surface area contributed by atoms with Gasteiger partial charge in [0.15, 0.2) is 0 Å². The third kappa shape index (κ3) is 5.34. The van der Waals surface area contributed by atoms with E-state index in [0.717, 1.165) is 37.7 Å². The smallest absolute Gasteiger partial charge is 0.243 e. The van der Waals surface area contributed by atoms with E-state index in [1.54, 1.807) is 11.3 Å². The van der Waals surface area contributed by atoms with Crippen LogP contribution in [0.5, 0.6) is 0 Å². The van der Waals surface area contributed by atoms with Gasteiger partial charge in [0.2, 0.25) is 11.8 Å². The summed E-state index contributed by atoms with van der Waals surface area (Å²) in [5, 5.41) is 9.51. The van der Waals surface area contributed by atoms with Crippen LogP contribution in [0, 0.1) is 0 Å². The molecule has 2 N–H and O–H groups in total. The van der Waals surface area contributed by atoms with Crippen molar-refractivity contribution < 1.29 is 9.59 Å². The normalized spacial score (nSPS) is 14.4. The molecule has 1 heterocycles. The molecule has 0 saturated carbocycles. The molecule has 1 aliphatic rings. The molecule has 5 heteroatoms. The molecule has 0 fully saturated rings. The van der Waals surface area contributed by atoms with Crippen LogP contribution in [0.3, 0.4) is 0 Å². The minimum absolute atomic E-state index is 0.0390. The molecule has 4 rings (SSSR count). The van der Waals surface area contributed by atoms with Crippen LogP contribution >= 0.6 is 11.3 Å². The quantitative estimate of drug-likeness (QED) is 0.476. The Morgan fingerprint density at radius 3 is 2.48 bits per heavy atom. The summed E-state index contributed by atoms with van der Waals surface area (Å²) in [4.78, 5) is 25.8. The predicted molar refractivity (Wildman–Crippen MR) is 127 cm³/mol. The zero-order valence-corrected chi connectivity index (χ0v) is 18.8. The maximum atomic E-state index is 13.3. The molecular weight excluding hydrogens is 404 g/mol. The number of carbonyl (C=O) groups is 2. The van der Waals surface area contributed by atoms with Crippen LogP contribution in [0.1, 0.15) is 49.3 Å². The third-order valence-electron chi connectivity index (χ3n) is 6.04. The summed E-state index contributed by atoms with van der Waals surface area (Å²) in [6.45, 7) is 2.12. The lowest BCUT2D eigenvalue weighted by atomic mass is 10.0. The summed E-state index contributed by atoms with van der Waals surface area (Å²) in [5.74, 6) is -0.125. The number of benzene rings is 2. The van der Waals surface area contributed by atoms with Gasteiger partial charge in [0.05, 0.1) is 0 Å². The molecule has 1 atom stereocenters. The van der Waals surface area contributed by atoms with Crippen molar-refractivity contribution in [2.24, 2.45) is 0 Å². The van der Waals surface area contributed by atoms with Crippen LogP contribution in [0.25, 0.3) is 10.1 Å². The second kappa shape index (κ2) is 10.1. The molecule has 1 aromatic heterocycles. The lowest BCUT2D eigenvalue weighted by molar-refractivity contribution is -0.129. The molecule has 0 saturated heterocycles. The molecule has 2 aromatic carbocycles. The summed E-state index contributed by atoms with van der Waals surface area (Å²) in [6.07, 6.45) is 5.63. The van der Waals surface area contributed by atoms with Gasteiger partial charge in [-0.2, -0.15) is 0 Å². The topological polar surface area (TPSA) is 58.2 Å².